The number of carbonyl (C=O) groups is 3. The minimum atomic E-state index is -0.730. The minimum absolute atomic E-state index is 0.0160. The number of amides is 2. The molecule has 0 atom stereocenters. The van der Waals surface area contributed by atoms with Crippen LogP contribution in [0.4, 0.5) is 11.4 Å². The zero-order valence-electron chi connectivity index (χ0n) is 26.0. The zero-order chi connectivity index (χ0) is 33.8. The van der Waals surface area contributed by atoms with Gasteiger partial charge in [0.15, 0.2) is 11.5 Å². The van der Waals surface area contributed by atoms with E-state index in [-0.39, 0.29) is 28.4 Å². The van der Waals surface area contributed by atoms with Gasteiger partial charge in [-0.2, -0.15) is 5.10 Å². The van der Waals surface area contributed by atoms with Crippen LogP contribution in [0.5, 0.6) is 11.5 Å². The summed E-state index contributed by atoms with van der Waals surface area (Å²) in [5.41, 5.74) is 5.02. The highest BCUT2D eigenvalue weighted by atomic mass is 16.6. The fourth-order valence-corrected chi connectivity index (χ4v) is 4.43. The number of esters is 1. The summed E-state index contributed by atoms with van der Waals surface area (Å²) in [5, 5.41) is 17.6. The molecule has 2 N–H and O–H groups in total. The second kappa shape index (κ2) is 16.1. The number of rotatable bonds is 13. The number of methoxy groups -OCH3 is 1. The average molecular weight is 636 g/mol. The van der Waals surface area contributed by atoms with Crippen LogP contribution in [0.1, 0.15) is 45.7 Å². The molecule has 0 aliphatic rings. The molecule has 12 nitrogen and oxygen atoms in total. The Bertz CT molecular complexity index is 1780. The normalized spacial score (nSPS) is 11.1. The van der Waals surface area contributed by atoms with Crippen molar-refractivity contribution in [3.05, 3.63) is 135 Å². The predicted octanol–water partition coefficient (Wildman–Crippen LogP) is 5.59. The van der Waals surface area contributed by atoms with Crippen molar-refractivity contribution in [3.8, 4) is 11.5 Å². The van der Waals surface area contributed by atoms with Gasteiger partial charge in [0.1, 0.15) is 5.70 Å². The maximum atomic E-state index is 13.2. The van der Waals surface area contributed by atoms with E-state index in [1.807, 2.05) is 24.3 Å². The number of nitrogens with zero attached hydrogens (tertiary/aromatic N) is 3. The number of nitrogens with one attached hydrogen (secondary N) is 2. The quantitative estimate of drug-likeness (QED) is 0.0482. The monoisotopic (exact) mass is 635 g/mol. The molecule has 240 valence electrons. The first-order valence-electron chi connectivity index (χ1n) is 14.6. The number of carbonyl (C=O) groups excluding carboxylic acids is 3. The Hall–Kier alpha value is -6.30. The summed E-state index contributed by atoms with van der Waals surface area (Å²) in [5.74, 6) is -1.53. The van der Waals surface area contributed by atoms with Crippen molar-refractivity contribution in [1.29, 1.82) is 0 Å². The molecule has 2 amide bonds. The number of non-ortho nitro benzene ring substituents is 1. The van der Waals surface area contributed by atoms with E-state index >= 15 is 0 Å². The highest BCUT2D eigenvalue weighted by Gasteiger charge is 2.16. The van der Waals surface area contributed by atoms with Crippen molar-refractivity contribution in [2.45, 2.75) is 13.8 Å². The van der Waals surface area contributed by atoms with Crippen LogP contribution in [0, 0.1) is 10.1 Å². The second-order valence-corrected chi connectivity index (χ2v) is 9.94. The van der Waals surface area contributed by atoms with E-state index in [0.29, 0.717) is 16.7 Å². The molecule has 0 radical (unpaired) electrons. The molecule has 0 heterocycles. The predicted molar refractivity (Wildman–Crippen MR) is 179 cm³/mol. The van der Waals surface area contributed by atoms with E-state index < -0.39 is 22.7 Å². The topological polar surface area (TPSA) is 152 Å². The van der Waals surface area contributed by atoms with Gasteiger partial charge in [0.05, 0.1) is 23.8 Å². The van der Waals surface area contributed by atoms with Crippen LogP contribution >= 0.6 is 0 Å². The average Bonchev–Trinajstić information content (AvgIpc) is 3.10. The van der Waals surface area contributed by atoms with Crippen molar-refractivity contribution in [2.24, 2.45) is 5.10 Å². The summed E-state index contributed by atoms with van der Waals surface area (Å²) in [4.78, 5) is 51.2. The van der Waals surface area contributed by atoms with Gasteiger partial charge in [-0.3, -0.25) is 19.7 Å². The third-order valence-corrected chi connectivity index (χ3v) is 6.95. The lowest BCUT2D eigenvalue weighted by Crippen LogP contribution is -2.32. The van der Waals surface area contributed by atoms with Gasteiger partial charge in [-0.25, -0.2) is 10.2 Å². The maximum Gasteiger partial charge on any atom is 0.343 e. The molecule has 0 saturated heterocycles. The number of hydrazone groups is 1. The molecule has 0 spiro atoms. The first-order valence-corrected chi connectivity index (χ1v) is 14.6. The maximum absolute atomic E-state index is 13.2. The molecule has 47 heavy (non-hydrogen) atoms. The smallest absolute Gasteiger partial charge is 0.343 e. The fourth-order valence-electron chi connectivity index (χ4n) is 4.43. The van der Waals surface area contributed by atoms with Gasteiger partial charge in [-0.05, 0) is 85.6 Å². The largest absolute Gasteiger partial charge is 0.493 e. The van der Waals surface area contributed by atoms with Crippen molar-refractivity contribution in [3.63, 3.8) is 0 Å². The van der Waals surface area contributed by atoms with Crippen molar-refractivity contribution >= 4 is 41.4 Å². The van der Waals surface area contributed by atoms with E-state index in [9.17, 15) is 24.5 Å². The Labute approximate surface area is 271 Å². The molecule has 0 unspecified atom stereocenters. The summed E-state index contributed by atoms with van der Waals surface area (Å²) in [6, 6.07) is 25.8. The molecule has 4 aromatic carbocycles. The molecule has 0 saturated carbocycles. The van der Waals surface area contributed by atoms with Crippen LogP contribution < -0.4 is 25.1 Å². The minimum Gasteiger partial charge on any atom is -0.493 e. The fraction of sp³-hybridized carbons (Fsp3) is 0.143. The van der Waals surface area contributed by atoms with Crippen molar-refractivity contribution < 1.29 is 28.8 Å². The lowest BCUT2D eigenvalue weighted by atomic mass is 10.1. The Morgan fingerprint density at radius 1 is 0.851 bits per heavy atom. The zero-order valence-corrected chi connectivity index (χ0v) is 26.0. The second-order valence-electron chi connectivity index (χ2n) is 9.94. The van der Waals surface area contributed by atoms with E-state index in [1.165, 1.54) is 43.7 Å². The van der Waals surface area contributed by atoms with E-state index in [4.69, 9.17) is 9.47 Å². The molecule has 0 aromatic heterocycles. The molecular weight excluding hydrogens is 602 g/mol. The lowest BCUT2D eigenvalue weighted by Gasteiger charge is -2.20. The standard InChI is InChI=1S/C35H33N5O7/c1-4-39(5-2)28-16-11-24(12-17-28)21-30(37-33(41)26-9-7-6-8-10-26)34(42)38-36-23-25-13-20-31(32(22-25)46-3)47-35(43)27-14-18-29(19-15-27)40(44)45/h6-23H,4-5H2,1-3H3,(H,37,41)(H,38,42)/b30-21+,36-23-. The Morgan fingerprint density at radius 3 is 2.13 bits per heavy atom. The third kappa shape index (κ3) is 9.11. The first-order chi connectivity index (χ1) is 22.7. The van der Waals surface area contributed by atoms with Crippen LogP contribution in [0.15, 0.2) is 108 Å². The number of anilines is 1. The molecule has 0 fully saturated rings. The van der Waals surface area contributed by atoms with Gasteiger partial charge >= 0.3 is 5.97 Å². The highest BCUT2D eigenvalue weighted by molar-refractivity contribution is 6.05. The number of nitro groups is 1. The lowest BCUT2D eigenvalue weighted by molar-refractivity contribution is -0.384. The molecule has 4 aromatic rings. The molecule has 12 heteroatoms. The third-order valence-electron chi connectivity index (χ3n) is 6.95. The van der Waals surface area contributed by atoms with Gasteiger partial charge in [0.2, 0.25) is 0 Å². The highest BCUT2D eigenvalue weighted by Crippen LogP contribution is 2.28. The first kappa shape index (κ1) is 33.6. The summed E-state index contributed by atoms with van der Waals surface area (Å²) >= 11 is 0. The number of hydrogen-bond acceptors (Lipinski definition) is 9. The van der Waals surface area contributed by atoms with E-state index in [1.54, 1.807) is 48.5 Å². The molecular formula is C35H33N5O7. The van der Waals surface area contributed by atoms with Gasteiger partial charge in [-0.1, -0.05) is 30.3 Å². The molecule has 4 rings (SSSR count). The van der Waals surface area contributed by atoms with Gasteiger partial charge in [0, 0.05) is 36.5 Å². The summed E-state index contributed by atoms with van der Waals surface area (Å²) < 4.78 is 10.8. The van der Waals surface area contributed by atoms with Gasteiger partial charge < -0.3 is 19.7 Å². The van der Waals surface area contributed by atoms with Crippen LogP contribution in [0.3, 0.4) is 0 Å². The van der Waals surface area contributed by atoms with Crippen LogP contribution in [-0.2, 0) is 4.79 Å². The van der Waals surface area contributed by atoms with Gasteiger partial charge in [-0.15, -0.1) is 0 Å². The SMILES string of the molecule is CCN(CC)c1ccc(/C=C(/NC(=O)c2ccccc2)C(=O)N/N=C\c2ccc(OC(=O)c3ccc([N+](=O)[O-])cc3)c(OC)c2)cc1. The van der Waals surface area contributed by atoms with E-state index in [2.05, 4.69) is 34.6 Å². The van der Waals surface area contributed by atoms with Crippen molar-refractivity contribution in [1.82, 2.24) is 10.7 Å². The van der Waals surface area contributed by atoms with Crippen LogP contribution in [0.2, 0.25) is 0 Å². The summed E-state index contributed by atoms with van der Waals surface area (Å²) in [6.07, 6.45) is 2.92. The Morgan fingerprint density at radius 2 is 1.51 bits per heavy atom. The Balaban J connectivity index is 1.49. The summed E-state index contributed by atoms with van der Waals surface area (Å²) in [6.45, 7) is 5.85. The Kier molecular flexibility index (Phi) is 11.5. The van der Waals surface area contributed by atoms with Crippen LogP contribution in [-0.4, -0.2) is 49.1 Å². The number of hydrogen-bond donors (Lipinski definition) is 2. The number of benzene rings is 4. The van der Waals surface area contributed by atoms with E-state index in [0.717, 1.165) is 18.8 Å². The molecule has 0 aliphatic heterocycles. The molecule has 0 bridgehead atoms. The number of nitro benzene ring substituents is 1. The van der Waals surface area contributed by atoms with Crippen molar-refractivity contribution in [2.75, 3.05) is 25.1 Å². The van der Waals surface area contributed by atoms with Crippen LogP contribution in [0.25, 0.3) is 6.08 Å². The van der Waals surface area contributed by atoms with Gasteiger partial charge in [0.25, 0.3) is 17.5 Å². The summed E-state index contributed by atoms with van der Waals surface area (Å²) in [7, 11) is 1.39. The molecule has 0 aliphatic carbocycles. The number of ether oxygens (including phenoxy) is 2.